The van der Waals surface area contributed by atoms with Crippen LogP contribution in [0.3, 0.4) is 0 Å². The maximum absolute atomic E-state index is 11.9. The fraction of sp³-hybridized carbons (Fsp3) is 0.615. The lowest BCUT2D eigenvalue weighted by Gasteiger charge is -2.14. The predicted octanol–water partition coefficient (Wildman–Crippen LogP) is 1.45. The second kappa shape index (κ2) is 3.88. The molecular formula is C13H19NO3. The maximum Gasteiger partial charge on any atom is 0.339 e. The van der Waals surface area contributed by atoms with Crippen molar-refractivity contribution in [2.45, 2.75) is 32.1 Å². The van der Waals surface area contributed by atoms with Crippen molar-refractivity contribution < 1.29 is 14.6 Å². The molecule has 1 aliphatic rings. The number of carbonyl (C=O) groups is 1. The number of hydrogen-bond donors (Lipinski definition) is 1. The molecule has 0 aliphatic heterocycles. The van der Waals surface area contributed by atoms with Crippen LogP contribution in [0, 0.1) is 13.8 Å². The van der Waals surface area contributed by atoms with Gasteiger partial charge < -0.3 is 14.4 Å². The average Bonchev–Trinajstić information content (AvgIpc) is 3.09. The van der Waals surface area contributed by atoms with Crippen LogP contribution in [0.15, 0.2) is 0 Å². The van der Waals surface area contributed by atoms with Crippen molar-refractivity contribution in [2.24, 2.45) is 7.05 Å². The van der Waals surface area contributed by atoms with E-state index in [0.717, 1.165) is 29.8 Å². The van der Waals surface area contributed by atoms with E-state index in [-0.39, 0.29) is 18.0 Å². The Bertz CT molecular complexity index is 469. The third-order valence-corrected chi connectivity index (χ3v) is 4.06. The number of esters is 1. The summed E-state index contributed by atoms with van der Waals surface area (Å²) in [6.45, 7) is 4.00. The molecule has 4 nitrogen and oxygen atoms in total. The van der Waals surface area contributed by atoms with Gasteiger partial charge in [-0.25, -0.2) is 4.79 Å². The number of hydrogen-bond acceptors (Lipinski definition) is 3. The number of carbonyl (C=O) groups excluding carboxylic acids is 1. The van der Waals surface area contributed by atoms with Gasteiger partial charge in [-0.05, 0) is 32.3 Å². The third kappa shape index (κ3) is 1.59. The highest BCUT2D eigenvalue weighted by molar-refractivity contribution is 5.93. The Morgan fingerprint density at radius 2 is 2.00 bits per heavy atom. The van der Waals surface area contributed by atoms with Crippen LogP contribution in [0.4, 0.5) is 0 Å². The number of ether oxygens (including phenoxy) is 1. The zero-order chi connectivity index (χ0) is 12.8. The highest BCUT2D eigenvalue weighted by Crippen LogP contribution is 2.51. The molecule has 17 heavy (non-hydrogen) atoms. The Morgan fingerprint density at radius 1 is 1.41 bits per heavy atom. The van der Waals surface area contributed by atoms with Crippen molar-refractivity contribution >= 4 is 5.97 Å². The molecular weight excluding hydrogens is 218 g/mol. The zero-order valence-electron chi connectivity index (χ0n) is 10.8. The topological polar surface area (TPSA) is 51.5 Å². The van der Waals surface area contributed by atoms with Gasteiger partial charge >= 0.3 is 5.97 Å². The Hall–Kier alpha value is -1.29. The lowest BCUT2D eigenvalue weighted by atomic mass is 9.92. The van der Waals surface area contributed by atoms with E-state index in [1.807, 2.05) is 25.5 Å². The molecule has 0 aromatic carbocycles. The minimum atomic E-state index is -0.305. The molecule has 0 amide bonds. The third-order valence-electron chi connectivity index (χ3n) is 4.06. The Morgan fingerprint density at radius 3 is 2.41 bits per heavy atom. The number of methoxy groups -OCH3 is 1. The molecule has 1 heterocycles. The molecule has 1 fully saturated rings. The minimum absolute atomic E-state index is 0.0985. The quantitative estimate of drug-likeness (QED) is 0.810. The van der Waals surface area contributed by atoms with E-state index in [0.29, 0.717) is 5.56 Å². The number of aromatic nitrogens is 1. The van der Waals surface area contributed by atoms with Gasteiger partial charge in [-0.1, -0.05) is 0 Å². The van der Waals surface area contributed by atoms with Crippen molar-refractivity contribution in [3.63, 3.8) is 0 Å². The summed E-state index contributed by atoms with van der Waals surface area (Å²) >= 11 is 0. The monoisotopic (exact) mass is 237 g/mol. The van der Waals surface area contributed by atoms with Crippen LogP contribution in [0.5, 0.6) is 0 Å². The lowest BCUT2D eigenvalue weighted by Crippen LogP contribution is -2.17. The first kappa shape index (κ1) is 12.2. The van der Waals surface area contributed by atoms with E-state index in [2.05, 4.69) is 0 Å². The summed E-state index contributed by atoms with van der Waals surface area (Å²) in [6.07, 6.45) is 1.88. The van der Waals surface area contributed by atoms with Crippen LogP contribution in [-0.4, -0.2) is 29.4 Å². The molecule has 2 rings (SSSR count). The number of nitrogens with zero attached hydrogens (tertiary/aromatic N) is 1. The fourth-order valence-corrected chi connectivity index (χ4v) is 2.59. The van der Waals surface area contributed by atoms with E-state index < -0.39 is 0 Å². The molecule has 1 saturated carbocycles. The molecule has 0 atom stereocenters. The van der Waals surface area contributed by atoms with Crippen LogP contribution in [0.1, 0.15) is 40.2 Å². The standard InChI is InChI=1S/C13H19NO3/c1-8-10(12(16)17-4)11(9(2)14(8)3)13(7-15)5-6-13/h15H,5-7H2,1-4H3. The number of rotatable bonds is 3. The van der Waals surface area contributed by atoms with Crippen LogP contribution in [0.2, 0.25) is 0 Å². The minimum Gasteiger partial charge on any atom is -0.465 e. The first-order valence-electron chi connectivity index (χ1n) is 5.84. The zero-order valence-corrected chi connectivity index (χ0v) is 10.8. The van der Waals surface area contributed by atoms with E-state index in [1.165, 1.54) is 7.11 Å². The number of aliphatic hydroxyl groups is 1. The van der Waals surface area contributed by atoms with Gasteiger partial charge in [0.25, 0.3) is 0 Å². The van der Waals surface area contributed by atoms with Gasteiger partial charge in [-0.15, -0.1) is 0 Å². The van der Waals surface area contributed by atoms with Crippen LogP contribution in [0.25, 0.3) is 0 Å². The molecule has 1 aromatic heterocycles. The van der Waals surface area contributed by atoms with Gasteiger partial charge in [0, 0.05) is 23.9 Å². The summed E-state index contributed by atoms with van der Waals surface area (Å²) in [5, 5.41) is 9.55. The average molecular weight is 237 g/mol. The first-order chi connectivity index (χ1) is 7.98. The Kier molecular flexibility index (Phi) is 2.78. The smallest absolute Gasteiger partial charge is 0.339 e. The molecule has 0 bridgehead atoms. The lowest BCUT2D eigenvalue weighted by molar-refractivity contribution is 0.0597. The van der Waals surface area contributed by atoms with Gasteiger partial charge in [0.1, 0.15) is 0 Å². The normalized spacial score (nSPS) is 17.0. The molecule has 0 saturated heterocycles. The Balaban J connectivity index is 2.65. The van der Waals surface area contributed by atoms with E-state index in [4.69, 9.17) is 4.74 Å². The predicted molar refractivity (Wildman–Crippen MR) is 64.2 cm³/mol. The summed E-state index contributed by atoms with van der Waals surface area (Å²) in [7, 11) is 3.33. The van der Waals surface area contributed by atoms with Gasteiger partial charge in [-0.2, -0.15) is 0 Å². The van der Waals surface area contributed by atoms with Crippen molar-refractivity contribution in [1.29, 1.82) is 0 Å². The molecule has 94 valence electrons. The molecule has 4 heteroatoms. The molecule has 0 unspecified atom stereocenters. The summed E-state index contributed by atoms with van der Waals surface area (Å²) in [5.74, 6) is -0.305. The highest BCUT2D eigenvalue weighted by Gasteiger charge is 2.48. The Labute approximate surface area is 101 Å². The van der Waals surface area contributed by atoms with Crippen molar-refractivity contribution in [3.05, 3.63) is 22.5 Å². The summed E-state index contributed by atoms with van der Waals surface area (Å²) in [6, 6.07) is 0. The second-order valence-electron chi connectivity index (χ2n) is 4.91. The van der Waals surface area contributed by atoms with Crippen LogP contribution in [-0.2, 0) is 17.2 Å². The fourth-order valence-electron chi connectivity index (χ4n) is 2.59. The van der Waals surface area contributed by atoms with Gasteiger partial charge in [0.15, 0.2) is 0 Å². The van der Waals surface area contributed by atoms with E-state index in [9.17, 15) is 9.90 Å². The number of aliphatic hydroxyl groups excluding tert-OH is 1. The largest absolute Gasteiger partial charge is 0.465 e. The van der Waals surface area contributed by atoms with Gasteiger partial charge in [0.2, 0.25) is 0 Å². The summed E-state index contributed by atoms with van der Waals surface area (Å²) in [5.41, 5.74) is 3.36. The molecule has 1 aromatic rings. The summed E-state index contributed by atoms with van der Waals surface area (Å²) in [4.78, 5) is 11.9. The van der Waals surface area contributed by atoms with Crippen LogP contribution < -0.4 is 0 Å². The van der Waals surface area contributed by atoms with Crippen molar-refractivity contribution in [1.82, 2.24) is 4.57 Å². The SMILES string of the molecule is COC(=O)c1c(C2(CO)CC2)c(C)n(C)c1C. The highest BCUT2D eigenvalue weighted by atomic mass is 16.5. The van der Waals surface area contributed by atoms with Crippen LogP contribution >= 0.6 is 0 Å². The first-order valence-corrected chi connectivity index (χ1v) is 5.84. The van der Waals surface area contributed by atoms with Crippen molar-refractivity contribution in [2.75, 3.05) is 13.7 Å². The van der Waals surface area contributed by atoms with E-state index >= 15 is 0 Å². The molecule has 0 spiro atoms. The maximum atomic E-state index is 11.9. The molecule has 1 aliphatic carbocycles. The van der Waals surface area contributed by atoms with Gasteiger partial charge in [-0.3, -0.25) is 0 Å². The van der Waals surface area contributed by atoms with E-state index in [1.54, 1.807) is 0 Å². The molecule has 1 N–H and O–H groups in total. The summed E-state index contributed by atoms with van der Waals surface area (Å²) < 4.78 is 6.86. The second-order valence-corrected chi connectivity index (χ2v) is 4.91. The molecule has 0 radical (unpaired) electrons. The van der Waals surface area contributed by atoms with Crippen molar-refractivity contribution in [3.8, 4) is 0 Å². The van der Waals surface area contributed by atoms with Gasteiger partial charge in [0.05, 0.1) is 19.3 Å².